The highest BCUT2D eigenvalue weighted by molar-refractivity contribution is 5.88. The van der Waals surface area contributed by atoms with Crippen LogP contribution in [0.25, 0.3) is 10.9 Å². The number of carboxylic acid groups (broad SMARTS) is 1. The Balaban J connectivity index is 1.92. The number of aromatic nitrogens is 1. The van der Waals surface area contributed by atoms with E-state index in [0.717, 1.165) is 34.1 Å². The van der Waals surface area contributed by atoms with Crippen molar-refractivity contribution >= 4 is 22.8 Å². The number of amides is 1. The van der Waals surface area contributed by atoms with Gasteiger partial charge in [0, 0.05) is 17.6 Å². The molecule has 1 N–H and O–H groups in total. The summed E-state index contributed by atoms with van der Waals surface area (Å²) in [6.07, 6.45) is 1.49. The standard InChI is InChI=1S/C18H20N2O3/c1-11-13-6-3-4-7-15(13)19-12(2)14(11)10-17(21)20-9-5-8-16(20)18(22)23/h3-4,6-7,16H,5,8-10H2,1-2H3,(H,22,23). The fourth-order valence-corrected chi connectivity index (χ4v) is 3.41. The molecule has 1 aliphatic rings. The van der Waals surface area contributed by atoms with Crippen molar-refractivity contribution in [2.45, 2.75) is 39.2 Å². The summed E-state index contributed by atoms with van der Waals surface area (Å²) in [5.74, 6) is -1.04. The number of aliphatic carboxylic acids is 1. The minimum Gasteiger partial charge on any atom is -0.480 e. The molecule has 0 spiro atoms. The van der Waals surface area contributed by atoms with Gasteiger partial charge in [0.25, 0.3) is 0 Å². The number of carbonyl (C=O) groups excluding carboxylic acids is 1. The Morgan fingerprint density at radius 2 is 2.04 bits per heavy atom. The number of fused-ring (bicyclic) bond motifs is 1. The van der Waals surface area contributed by atoms with E-state index in [-0.39, 0.29) is 12.3 Å². The first kappa shape index (κ1) is 15.5. The van der Waals surface area contributed by atoms with Crippen molar-refractivity contribution in [1.82, 2.24) is 9.88 Å². The Kier molecular flexibility index (Phi) is 4.03. The highest BCUT2D eigenvalue weighted by Crippen LogP contribution is 2.25. The third-order valence-corrected chi connectivity index (χ3v) is 4.67. The minimum absolute atomic E-state index is 0.127. The van der Waals surface area contributed by atoms with Gasteiger partial charge in [0.2, 0.25) is 5.91 Å². The lowest BCUT2D eigenvalue weighted by molar-refractivity contribution is -0.148. The molecule has 1 aliphatic heterocycles. The Morgan fingerprint density at radius 1 is 1.30 bits per heavy atom. The molecule has 1 amide bonds. The summed E-state index contributed by atoms with van der Waals surface area (Å²) >= 11 is 0. The molecule has 1 fully saturated rings. The van der Waals surface area contributed by atoms with Crippen molar-refractivity contribution in [2.75, 3.05) is 6.54 Å². The van der Waals surface area contributed by atoms with Gasteiger partial charge in [-0.1, -0.05) is 18.2 Å². The first-order valence-electron chi connectivity index (χ1n) is 7.86. The third kappa shape index (κ3) is 2.79. The van der Waals surface area contributed by atoms with Crippen LogP contribution in [0.15, 0.2) is 24.3 Å². The van der Waals surface area contributed by atoms with Crippen LogP contribution in [-0.2, 0) is 16.0 Å². The average Bonchev–Trinajstić information content (AvgIpc) is 3.01. The topological polar surface area (TPSA) is 70.5 Å². The molecule has 0 aliphatic carbocycles. The van der Waals surface area contributed by atoms with Gasteiger partial charge >= 0.3 is 5.97 Å². The molecule has 0 bridgehead atoms. The highest BCUT2D eigenvalue weighted by atomic mass is 16.4. The van der Waals surface area contributed by atoms with Gasteiger partial charge in [-0.05, 0) is 43.9 Å². The Labute approximate surface area is 134 Å². The summed E-state index contributed by atoms with van der Waals surface area (Å²) in [5, 5.41) is 10.3. The summed E-state index contributed by atoms with van der Waals surface area (Å²) < 4.78 is 0. The predicted molar refractivity (Wildman–Crippen MR) is 87.3 cm³/mol. The van der Waals surface area contributed by atoms with E-state index >= 15 is 0 Å². The van der Waals surface area contributed by atoms with Gasteiger partial charge in [-0.2, -0.15) is 0 Å². The van der Waals surface area contributed by atoms with Crippen molar-refractivity contribution in [3.05, 3.63) is 41.1 Å². The maximum Gasteiger partial charge on any atom is 0.326 e. The first-order valence-corrected chi connectivity index (χ1v) is 7.86. The lowest BCUT2D eigenvalue weighted by atomic mass is 9.99. The molecule has 1 unspecified atom stereocenters. The maximum atomic E-state index is 12.6. The zero-order valence-electron chi connectivity index (χ0n) is 13.4. The lowest BCUT2D eigenvalue weighted by Crippen LogP contribution is -2.41. The van der Waals surface area contributed by atoms with Crippen molar-refractivity contribution < 1.29 is 14.7 Å². The van der Waals surface area contributed by atoms with Crippen molar-refractivity contribution in [3.63, 3.8) is 0 Å². The van der Waals surface area contributed by atoms with Crippen LogP contribution < -0.4 is 0 Å². The number of likely N-dealkylation sites (tertiary alicyclic amines) is 1. The molecule has 2 aromatic rings. The average molecular weight is 312 g/mol. The molecule has 0 radical (unpaired) electrons. The number of hydrogen-bond donors (Lipinski definition) is 1. The fraction of sp³-hybridized carbons (Fsp3) is 0.389. The normalized spacial score (nSPS) is 17.7. The van der Waals surface area contributed by atoms with E-state index in [4.69, 9.17) is 0 Å². The summed E-state index contributed by atoms with van der Waals surface area (Å²) in [7, 11) is 0. The molecule has 3 rings (SSSR count). The number of carbonyl (C=O) groups is 2. The summed E-state index contributed by atoms with van der Waals surface area (Å²) in [6, 6.07) is 7.18. The molecule has 1 atom stereocenters. The zero-order valence-corrected chi connectivity index (χ0v) is 13.4. The Morgan fingerprint density at radius 3 is 2.78 bits per heavy atom. The number of pyridine rings is 1. The fourth-order valence-electron chi connectivity index (χ4n) is 3.41. The molecule has 1 aromatic heterocycles. The Hall–Kier alpha value is -2.43. The van der Waals surface area contributed by atoms with Crippen LogP contribution in [0.3, 0.4) is 0 Å². The van der Waals surface area contributed by atoms with Gasteiger partial charge in [-0.3, -0.25) is 9.78 Å². The van der Waals surface area contributed by atoms with Crippen molar-refractivity contribution in [2.24, 2.45) is 0 Å². The van der Waals surface area contributed by atoms with E-state index in [9.17, 15) is 14.7 Å². The van der Waals surface area contributed by atoms with Gasteiger partial charge in [0.1, 0.15) is 6.04 Å². The summed E-state index contributed by atoms with van der Waals surface area (Å²) in [5.41, 5.74) is 3.71. The van der Waals surface area contributed by atoms with Crippen molar-refractivity contribution in [1.29, 1.82) is 0 Å². The largest absolute Gasteiger partial charge is 0.480 e. The minimum atomic E-state index is -0.916. The Bertz CT molecular complexity index is 785. The molecule has 5 nitrogen and oxygen atoms in total. The van der Waals surface area contributed by atoms with E-state index in [2.05, 4.69) is 4.98 Å². The molecular weight excluding hydrogens is 292 g/mol. The third-order valence-electron chi connectivity index (χ3n) is 4.67. The van der Waals surface area contributed by atoms with Gasteiger partial charge in [0.05, 0.1) is 11.9 Å². The number of hydrogen-bond acceptors (Lipinski definition) is 3. The number of para-hydroxylation sites is 1. The van der Waals surface area contributed by atoms with Crippen molar-refractivity contribution in [3.8, 4) is 0 Å². The number of rotatable bonds is 3. The number of benzene rings is 1. The van der Waals surface area contributed by atoms with Gasteiger partial charge in [-0.25, -0.2) is 4.79 Å². The van der Waals surface area contributed by atoms with E-state index in [1.165, 1.54) is 4.90 Å². The molecule has 1 saturated heterocycles. The van der Waals surface area contributed by atoms with Crippen LogP contribution >= 0.6 is 0 Å². The van der Waals surface area contributed by atoms with E-state index in [0.29, 0.717) is 13.0 Å². The van der Waals surface area contributed by atoms with E-state index in [1.807, 2.05) is 38.1 Å². The monoisotopic (exact) mass is 312 g/mol. The predicted octanol–water partition coefficient (Wildman–Crippen LogP) is 2.47. The smallest absolute Gasteiger partial charge is 0.326 e. The molecular formula is C18H20N2O3. The second-order valence-electron chi connectivity index (χ2n) is 6.08. The summed E-state index contributed by atoms with van der Waals surface area (Å²) in [4.78, 5) is 30.0. The lowest BCUT2D eigenvalue weighted by Gasteiger charge is -2.22. The second kappa shape index (κ2) is 5.99. The van der Waals surface area contributed by atoms with Crippen LogP contribution in [0.2, 0.25) is 0 Å². The molecule has 2 heterocycles. The van der Waals surface area contributed by atoms with Gasteiger partial charge in [0.15, 0.2) is 0 Å². The highest BCUT2D eigenvalue weighted by Gasteiger charge is 2.34. The van der Waals surface area contributed by atoms with Gasteiger partial charge in [-0.15, -0.1) is 0 Å². The molecule has 120 valence electrons. The van der Waals surface area contributed by atoms with E-state index in [1.54, 1.807) is 0 Å². The van der Waals surface area contributed by atoms with Crippen LogP contribution in [0.4, 0.5) is 0 Å². The number of nitrogens with zero attached hydrogens (tertiary/aromatic N) is 2. The molecule has 5 heteroatoms. The van der Waals surface area contributed by atoms with Crippen LogP contribution in [0.1, 0.15) is 29.7 Å². The maximum absolute atomic E-state index is 12.6. The van der Waals surface area contributed by atoms with Crippen LogP contribution in [0.5, 0.6) is 0 Å². The summed E-state index contributed by atoms with van der Waals surface area (Å²) in [6.45, 7) is 4.42. The number of carboxylic acids is 1. The number of aryl methyl sites for hydroxylation is 2. The van der Waals surface area contributed by atoms with E-state index < -0.39 is 12.0 Å². The molecule has 0 saturated carbocycles. The first-order chi connectivity index (χ1) is 11.0. The zero-order chi connectivity index (χ0) is 16.6. The SMILES string of the molecule is Cc1nc2ccccc2c(C)c1CC(=O)N1CCCC1C(=O)O. The van der Waals surface area contributed by atoms with Gasteiger partial charge < -0.3 is 10.0 Å². The second-order valence-corrected chi connectivity index (χ2v) is 6.08. The quantitative estimate of drug-likeness (QED) is 0.945. The molecule has 23 heavy (non-hydrogen) atoms. The molecule has 1 aromatic carbocycles. The van der Waals surface area contributed by atoms with Crippen LogP contribution in [-0.4, -0.2) is 39.5 Å². The van der Waals surface area contributed by atoms with Crippen LogP contribution in [0, 0.1) is 13.8 Å².